The van der Waals surface area contributed by atoms with Crippen LogP contribution < -0.4 is 4.74 Å². The van der Waals surface area contributed by atoms with Crippen molar-refractivity contribution < 1.29 is 36.9 Å². The molecule has 2 aromatic rings. The fourth-order valence-electron chi connectivity index (χ4n) is 2.56. The highest BCUT2D eigenvalue weighted by atomic mass is 19.4. The maximum absolute atomic E-state index is 13.2. The molecule has 2 heterocycles. The predicted molar refractivity (Wildman–Crippen MR) is 86.2 cm³/mol. The zero-order valence-electron chi connectivity index (χ0n) is 14.3. The first-order chi connectivity index (χ1) is 12.9. The van der Waals surface area contributed by atoms with Gasteiger partial charge in [0.15, 0.2) is 12.3 Å². The number of nitrogens with one attached hydrogen (secondary N) is 1. The summed E-state index contributed by atoms with van der Waals surface area (Å²) in [7, 11) is 0. The summed E-state index contributed by atoms with van der Waals surface area (Å²) < 4.78 is 59.1. The maximum Gasteiger partial charge on any atom is 0.447 e. The van der Waals surface area contributed by atoms with Crippen LogP contribution in [0.2, 0.25) is 0 Å². The molecule has 1 aliphatic rings. The van der Waals surface area contributed by atoms with Crippen molar-refractivity contribution >= 4 is 5.97 Å². The summed E-state index contributed by atoms with van der Waals surface area (Å²) in [5.41, 5.74) is 1.32. The van der Waals surface area contributed by atoms with Crippen LogP contribution in [0, 0.1) is 0 Å². The van der Waals surface area contributed by atoms with Gasteiger partial charge >= 0.3 is 17.9 Å². The van der Waals surface area contributed by atoms with E-state index in [2.05, 4.69) is 10.2 Å². The van der Waals surface area contributed by atoms with Crippen LogP contribution in [-0.4, -0.2) is 54.6 Å². The minimum absolute atomic E-state index is 0.154. The number of halogens is 3. The molecule has 1 saturated heterocycles. The Kier molecular flexibility index (Phi) is 5.38. The Balaban J connectivity index is 1.71. The molecule has 1 aliphatic heterocycles. The quantitative estimate of drug-likeness (QED) is 0.769. The Hall–Kier alpha value is -2.59. The van der Waals surface area contributed by atoms with Crippen molar-refractivity contribution in [1.82, 2.24) is 10.2 Å². The molecule has 1 N–H and O–H groups in total. The summed E-state index contributed by atoms with van der Waals surface area (Å²) in [4.78, 5) is 11.9. The normalized spacial score (nSPS) is 16.3. The van der Waals surface area contributed by atoms with Crippen LogP contribution in [0.3, 0.4) is 0 Å². The van der Waals surface area contributed by atoms with E-state index in [1.807, 2.05) is 0 Å². The number of hydrogen-bond donors (Lipinski definition) is 1. The molecule has 1 fully saturated rings. The van der Waals surface area contributed by atoms with E-state index in [4.69, 9.17) is 18.9 Å². The van der Waals surface area contributed by atoms with E-state index in [0.29, 0.717) is 11.1 Å². The number of esters is 1. The molecule has 0 saturated carbocycles. The van der Waals surface area contributed by atoms with Crippen molar-refractivity contribution in [2.45, 2.75) is 18.9 Å². The molecule has 0 aliphatic carbocycles. The molecule has 10 heteroatoms. The first-order valence-corrected chi connectivity index (χ1v) is 8.14. The monoisotopic (exact) mass is 386 g/mol. The average Bonchev–Trinajstić information content (AvgIpc) is 3.30. The zero-order chi connectivity index (χ0) is 19.5. The van der Waals surface area contributed by atoms with E-state index in [-0.39, 0.29) is 31.3 Å². The van der Waals surface area contributed by atoms with Gasteiger partial charge in [-0.2, -0.15) is 18.3 Å². The lowest BCUT2D eigenvalue weighted by atomic mass is 10.1. The molecule has 0 amide bonds. The minimum Gasteiger partial charge on any atom is -0.488 e. The molecule has 1 aromatic heterocycles. The second-order valence-corrected chi connectivity index (χ2v) is 5.64. The van der Waals surface area contributed by atoms with E-state index in [9.17, 15) is 18.0 Å². The van der Waals surface area contributed by atoms with E-state index in [1.165, 1.54) is 18.3 Å². The van der Waals surface area contributed by atoms with Gasteiger partial charge in [0.1, 0.15) is 5.75 Å². The number of aromatic amines is 1. The summed E-state index contributed by atoms with van der Waals surface area (Å²) in [5.74, 6) is -3.11. The van der Waals surface area contributed by atoms with Gasteiger partial charge in [0.2, 0.25) is 0 Å². The van der Waals surface area contributed by atoms with Crippen LogP contribution in [0.15, 0.2) is 30.5 Å². The second kappa shape index (κ2) is 7.57. The van der Waals surface area contributed by atoms with Crippen molar-refractivity contribution in [1.29, 1.82) is 0 Å². The molecule has 7 nitrogen and oxygen atoms in total. The molecule has 0 atom stereocenters. The second-order valence-electron chi connectivity index (χ2n) is 5.64. The maximum atomic E-state index is 13.2. The number of nitrogens with zero attached hydrogens (tertiary/aromatic N) is 1. The van der Waals surface area contributed by atoms with Crippen molar-refractivity contribution in [3.8, 4) is 16.9 Å². The number of carbonyl (C=O) groups is 1. The first kappa shape index (κ1) is 19.2. The summed E-state index contributed by atoms with van der Waals surface area (Å²) in [6, 6.07) is 6.16. The Morgan fingerprint density at radius 1 is 1.26 bits per heavy atom. The zero-order valence-corrected chi connectivity index (χ0v) is 14.3. The Bertz CT molecular complexity index is 783. The molecule has 3 rings (SSSR count). The van der Waals surface area contributed by atoms with E-state index in [0.717, 1.165) is 0 Å². The lowest BCUT2D eigenvalue weighted by Gasteiger charge is -2.29. The third kappa shape index (κ3) is 3.91. The molecular weight excluding hydrogens is 369 g/mol. The van der Waals surface area contributed by atoms with Crippen molar-refractivity contribution in [3.63, 3.8) is 0 Å². The van der Waals surface area contributed by atoms with Gasteiger partial charge in [-0.05, 0) is 24.6 Å². The largest absolute Gasteiger partial charge is 0.488 e. The topological polar surface area (TPSA) is 82.7 Å². The number of aromatic nitrogens is 2. The van der Waals surface area contributed by atoms with Crippen LogP contribution in [0.1, 0.15) is 17.4 Å². The van der Waals surface area contributed by atoms with Crippen LogP contribution in [-0.2, 0) is 14.2 Å². The summed E-state index contributed by atoms with van der Waals surface area (Å²) in [6.45, 7) is 0.772. The van der Waals surface area contributed by atoms with Crippen LogP contribution in [0.4, 0.5) is 13.2 Å². The smallest absolute Gasteiger partial charge is 0.447 e. The number of rotatable bonds is 6. The number of H-pyrrole nitrogens is 1. The van der Waals surface area contributed by atoms with E-state index >= 15 is 0 Å². The minimum atomic E-state index is -4.71. The van der Waals surface area contributed by atoms with Gasteiger partial charge in [-0.3, -0.25) is 5.10 Å². The highest BCUT2D eigenvalue weighted by Crippen LogP contribution is 2.38. The standard InChI is InChI=1S/C17H17F3N2O5/c1-2-24-15(23)14-13(9-21-22-14)11-3-5-12(6-4-11)25-10-16(17(18,19)20)26-7-8-27-16/h3-6,9H,2,7-8,10H2,1H3,(H,21,22). The molecule has 0 spiro atoms. The molecule has 0 unspecified atom stereocenters. The number of ether oxygens (including phenoxy) is 4. The van der Waals surface area contributed by atoms with Gasteiger partial charge in [0, 0.05) is 5.56 Å². The molecule has 27 heavy (non-hydrogen) atoms. The third-order valence-corrected chi connectivity index (χ3v) is 3.90. The predicted octanol–water partition coefficient (Wildman–Crippen LogP) is 2.94. The van der Waals surface area contributed by atoms with Gasteiger partial charge in [-0.15, -0.1) is 0 Å². The summed E-state index contributed by atoms with van der Waals surface area (Å²) in [5, 5.41) is 6.41. The highest BCUT2D eigenvalue weighted by molar-refractivity contribution is 5.95. The molecular formula is C17H17F3N2O5. The number of alkyl halides is 3. The van der Waals surface area contributed by atoms with Crippen LogP contribution in [0.25, 0.3) is 11.1 Å². The Morgan fingerprint density at radius 2 is 1.93 bits per heavy atom. The van der Waals surface area contributed by atoms with Gasteiger partial charge < -0.3 is 18.9 Å². The highest BCUT2D eigenvalue weighted by Gasteiger charge is 2.61. The number of hydrogen-bond acceptors (Lipinski definition) is 6. The van der Waals surface area contributed by atoms with Crippen LogP contribution >= 0.6 is 0 Å². The third-order valence-electron chi connectivity index (χ3n) is 3.90. The van der Waals surface area contributed by atoms with Crippen molar-refractivity contribution in [3.05, 3.63) is 36.2 Å². The SMILES string of the molecule is CCOC(=O)c1[nH]ncc1-c1ccc(OCC2(C(F)(F)F)OCCO2)cc1. The van der Waals surface area contributed by atoms with Gasteiger partial charge in [-0.1, -0.05) is 12.1 Å². The molecule has 0 bridgehead atoms. The van der Waals surface area contributed by atoms with E-state index < -0.39 is 24.5 Å². The fraction of sp³-hybridized carbons (Fsp3) is 0.412. The van der Waals surface area contributed by atoms with Gasteiger partial charge in [0.25, 0.3) is 0 Å². The number of benzene rings is 1. The summed E-state index contributed by atoms with van der Waals surface area (Å²) in [6.07, 6.45) is -3.25. The lowest BCUT2D eigenvalue weighted by molar-refractivity contribution is -0.350. The Labute approximate surface area is 152 Å². The first-order valence-electron chi connectivity index (χ1n) is 8.14. The van der Waals surface area contributed by atoms with Crippen molar-refractivity contribution in [2.24, 2.45) is 0 Å². The number of carbonyl (C=O) groups excluding carboxylic acids is 1. The molecule has 0 radical (unpaired) electrons. The van der Waals surface area contributed by atoms with Crippen molar-refractivity contribution in [2.75, 3.05) is 26.4 Å². The summed E-state index contributed by atoms with van der Waals surface area (Å²) >= 11 is 0. The van der Waals surface area contributed by atoms with Gasteiger partial charge in [-0.25, -0.2) is 4.79 Å². The fourth-order valence-corrected chi connectivity index (χ4v) is 2.56. The molecule has 146 valence electrons. The van der Waals surface area contributed by atoms with E-state index in [1.54, 1.807) is 19.1 Å². The average molecular weight is 386 g/mol. The Morgan fingerprint density at radius 3 is 2.52 bits per heavy atom. The molecule has 1 aromatic carbocycles. The van der Waals surface area contributed by atoms with Gasteiger partial charge in [0.05, 0.1) is 26.0 Å². The lowest BCUT2D eigenvalue weighted by Crippen LogP contribution is -2.51. The van der Waals surface area contributed by atoms with Crippen LogP contribution in [0.5, 0.6) is 5.75 Å².